The van der Waals surface area contributed by atoms with Crippen molar-refractivity contribution in [1.29, 1.82) is 0 Å². The van der Waals surface area contributed by atoms with E-state index in [1.807, 2.05) is 0 Å². The second kappa shape index (κ2) is 5.92. The quantitative estimate of drug-likeness (QED) is 0.741. The van der Waals surface area contributed by atoms with Crippen molar-refractivity contribution < 1.29 is 13.2 Å². The molecular formula is C11H19N3O3S. The summed E-state index contributed by atoms with van der Waals surface area (Å²) in [4.78, 5) is 0. The van der Waals surface area contributed by atoms with Crippen molar-refractivity contribution in [1.82, 2.24) is 4.31 Å². The third kappa shape index (κ3) is 3.51. The maximum absolute atomic E-state index is 11.6. The predicted octanol–water partition coefficient (Wildman–Crippen LogP) is 0.581. The third-order valence-corrected chi connectivity index (χ3v) is 4.35. The fourth-order valence-electron chi connectivity index (χ4n) is 1.37. The monoisotopic (exact) mass is 273 g/mol. The maximum Gasteiger partial charge on any atom is 0.215 e. The minimum atomic E-state index is -3.20. The van der Waals surface area contributed by atoms with E-state index in [2.05, 4.69) is 5.32 Å². The number of nitrogen functional groups attached to an aromatic ring is 1. The predicted molar refractivity (Wildman–Crippen MR) is 73.4 cm³/mol. The Morgan fingerprint density at radius 1 is 1.39 bits per heavy atom. The molecule has 0 spiro atoms. The normalized spacial score (nSPS) is 11.6. The molecule has 0 fully saturated rings. The van der Waals surface area contributed by atoms with Gasteiger partial charge in [0.1, 0.15) is 5.75 Å². The Bertz CT molecular complexity index is 500. The second-order valence-electron chi connectivity index (χ2n) is 3.95. The van der Waals surface area contributed by atoms with Crippen molar-refractivity contribution >= 4 is 21.4 Å². The van der Waals surface area contributed by atoms with Gasteiger partial charge in [-0.1, -0.05) is 6.07 Å². The topological polar surface area (TPSA) is 84.7 Å². The lowest BCUT2D eigenvalue weighted by Gasteiger charge is -2.14. The van der Waals surface area contributed by atoms with Crippen LogP contribution in [0, 0.1) is 0 Å². The molecule has 0 aliphatic rings. The van der Waals surface area contributed by atoms with E-state index in [1.165, 1.54) is 25.5 Å². The number of hydrogen-bond donors (Lipinski definition) is 2. The Labute approximate surface area is 108 Å². The van der Waals surface area contributed by atoms with Crippen molar-refractivity contribution in [3.05, 3.63) is 18.2 Å². The zero-order valence-electron chi connectivity index (χ0n) is 10.8. The summed E-state index contributed by atoms with van der Waals surface area (Å²) in [6.07, 6.45) is 0. The summed E-state index contributed by atoms with van der Waals surface area (Å²) in [5.74, 6) is 0.576. The Hall–Kier alpha value is -1.47. The molecule has 7 heteroatoms. The maximum atomic E-state index is 11.6. The van der Waals surface area contributed by atoms with Gasteiger partial charge in [0.2, 0.25) is 10.0 Å². The number of nitrogens with one attached hydrogen (secondary N) is 1. The van der Waals surface area contributed by atoms with E-state index in [4.69, 9.17) is 10.5 Å². The number of nitrogens with zero attached hydrogens (tertiary/aromatic N) is 1. The minimum Gasteiger partial charge on any atom is -0.495 e. The SMILES string of the molecule is COc1cccc(NCCS(=O)(=O)N(C)C)c1N. The van der Waals surface area contributed by atoms with E-state index in [-0.39, 0.29) is 12.3 Å². The summed E-state index contributed by atoms with van der Waals surface area (Å²) in [6, 6.07) is 5.31. The first-order valence-corrected chi connectivity index (χ1v) is 7.06. The van der Waals surface area contributed by atoms with Gasteiger partial charge in [0.15, 0.2) is 0 Å². The van der Waals surface area contributed by atoms with Gasteiger partial charge in [-0.2, -0.15) is 0 Å². The molecule has 3 N–H and O–H groups in total. The fourth-order valence-corrected chi connectivity index (χ4v) is 2.10. The molecule has 0 aromatic heterocycles. The van der Waals surface area contributed by atoms with E-state index >= 15 is 0 Å². The Morgan fingerprint density at radius 2 is 2.06 bits per heavy atom. The summed E-state index contributed by atoms with van der Waals surface area (Å²) >= 11 is 0. The molecule has 0 saturated carbocycles. The van der Waals surface area contributed by atoms with E-state index in [0.29, 0.717) is 17.1 Å². The highest BCUT2D eigenvalue weighted by molar-refractivity contribution is 7.89. The lowest BCUT2D eigenvalue weighted by Crippen LogP contribution is -2.28. The highest BCUT2D eigenvalue weighted by Gasteiger charge is 2.13. The van der Waals surface area contributed by atoms with Crippen molar-refractivity contribution in [3.63, 3.8) is 0 Å². The molecule has 1 rings (SSSR count). The van der Waals surface area contributed by atoms with Gasteiger partial charge in [-0.25, -0.2) is 12.7 Å². The zero-order valence-corrected chi connectivity index (χ0v) is 11.6. The van der Waals surface area contributed by atoms with Gasteiger partial charge in [0, 0.05) is 20.6 Å². The summed E-state index contributed by atoms with van der Waals surface area (Å²) in [5, 5.41) is 2.99. The average molecular weight is 273 g/mol. The zero-order chi connectivity index (χ0) is 13.8. The van der Waals surface area contributed by atoms with E-state index in [0.717, 1.165) is 0 Å². The third-order valence-electron chi connectivity index (χ3n) is 2.52. The second-order valence-corrected chi connectivity index (χ2v) is 6.25. The van der Waals surface area contributed by atoms with Crippen molar-refractivity contribution in [3.8, 4) is 5.75 Å². The molecule has 0 heterocycles. The van der Waals surface area contributed by atoms with Crippen molar-refractivity contribution in [2.24, 2.45) is 0 Å². The highest BCUT2D eigenvalue weighted by atomic mass is 32.2. The van der Waals surface area contributed by atoms with Crippen LogP contribution in [0.4, 0.5) is 11.4 Å². The van der Waals surface area contributed by atoms with Crippen LogP contribution in [0.1, 0.15) is 0 Å². The van der Waals surface area contributed by atoms with Crippen LogP contribution in [0.3, 0.4) is 0 Å². The molecule has 0 atom stereocenters. The molecule has 0 bridgehead atoms. The van der Waals surface area contributed by atoms with Gasteiger partial charge in [-0.05, 0) is 12.1 Å². The van der Waals surface area contributed by atoms with Crippen LogP contribution >= 0.6 is 0 Å². The van der Waals surface area contributed by atoms with Gasteiger partial charge in [-0.15, -0.1) is 0 Å². The number of rotatable bonds is 6. The lowest BCUT2D eigenvalue weighted by molar-refractivity contribution is 0.417. The fraction of sp³-hybridized carbons (Fsp3) is 0.455. The van der Waals surface area contributed by atoms with Crippen LogP contribution in [0.15, 0.2) is 18.2 Å². The van der Waals surface area contributed by atoms with Crippen LogP contribution in [0.25, 0.3) is 0 Å². The van der Waals surface area contributed by atoms with E-state index in [9.17, 15) is 8.42 Å². The first-order valence-electron chi connectivity index (χ1n) is 5.45. The number of nitrogens with two attached hydrogens (primary N) is 1. The first kappa shape index (κ1) is 14.6. The smallest absolute Gasteiger partial charge is 0.215 e. The number of ether oxygens (including phenoxy) is 1. The molecule has 102 valence electrons. The molecule has 1 aromatic rings. The Kier molecular flexibility index (Phi) is 4.80. The molecule has 0 aliphatic heterocycles. The van der Waals surface area contributed by atoms with Crippen LogP contribution in [-0.4, -0.2) is 46.2 Å². The summed E-state index contributed by atoms with van der Waals surface area (Å²) in [7, 11) is 1.35. The van der Waals surface area contributed by atoms with E-state index < -0.39 is 10.0 Å². The van der Waals surface area contributed by atoms with Gasteiger partial charge in [-0.3, -0.25) is 0 Å². The average Bonchev–Trinajstić information content (AvgIpc) is 2.31. The number of methoxy groups -OCH3 is 1. The molecule has 6 nitrogen and oxygen atoms in total. The first-order chi connectivity index (χ1) is 8.38. The summed E-state index contributed by atoms with van der Waals surface area (Å²) in [6.45, 7) is 0.290. The van der Waals surface area contributed by atoms with E-state index in [1.54, 1.807) is 18.2 Å². The number of sulfonamides is 1. The van der Waals surface area contributed by atoms with Gasteiger partial charge >= 0.3 is 0 Å². The summed E-state index contributed by atoms with van der Waals surface area (Å²) in [5.41, 5.74) is 7.00. The number of hydrogen-bond acceptors (Lipinski definition) is 5. The van der Waals surface area contributed by atoms with Gasteiger partial charge in [0.05, 0.1) is 24.2 Å². The standard InChI is InChI=1S/C11H19N3O3S/c1-14(2)18(15,16)8-7-13-9-5-4-6-10(17-3)11(9)12/h4-6,13H,7-8,12H2,1-3H3. The minimum absolute atomic E-state index is 0.0106. The highest BCUT2D eigenvalue weighted by Crippen LogP contribution is 2.28. The number of benzene rings is 1. The number of para-hydroxylation sites is 1. The van der Waals surface area contributed by atoms with Crippen LogP contribution in [-0.2, 0) is 10.0 Å². The Balaban J connectivity index is 2.65. The molecule has 0 amide bonds. The van der Waals surface area contributed by atoms with Gasteiger partial charge < -0.3 is 15.8 Å². The number of anilines is 2. The van der Waals surface area contributed by atoms with Crippen LogP contribution in [0.2, 0.25) is 0 Å². The molecule has 18 heavy (non-hydrogen) atoms. The largest absolute Gasteiger partial charge is 0.495 e. The van der Waals surface area contributed by atoms with Crippen molar-refractivity contribution in [2.75, 3.05) is 44.6 Å². The molecule has 0 saturated heterocycles. The summed E-state index contributed by atoms with van der Waals surface area (Å²) < 4.78 is 29.4. The lowest BCUT2D eigenvalue weighted by atomic mass is 10.2. The molecule has 0 unspecified atom stereocenters. The van der Waals surface area contributed by atoms with Crippen LogP contribution in [0.5, 0.6) is 5.75 Å². The molecule has 0 radical (unpaired) electrons. The van der Waals surface area contributed by atoms with Crippen molar-refractivity contribution in [2.45, 2.75) is 0 Å². The Morgan fingerprint density at radius 3 is 2.61 bits per heavy atom. The molecule has 0 aliphatic carbocycles. The molecular weight excluding hydrogens is 254 g/mol. The van der Waals surface area contributed by atoms with Gasteiger partial charge in [0.25, 0.3) is 0 Å². The van der Waals surface area contributed by atoms with Crippen LogP contribution < -0.4 is 15.8 Å². The molecule has 1 aromatic carbocycles.